The molecular weight excluding hydrogens is 316 g/mol. The number of benzene rings is 1. The van der Waals surface area contributed by atoms with Gasteiger partial charge in [-0.2, -0.15) is 0 Å². The zero-order valence-electron chi connectivity index (χ0n) is 15.4. The minimum Gasteiger partial charge on any atom is -0.340 e. The number of amides is 1. The molecule has 1 heterocycles. The predicted octanol–water partition coefficient (Wildman–Crippen LogP) is 0.585. The molecule has 0 radical (unpaired) electrons. The van der Waals surface area contributed by atoms with Crippen LogP contribution < -0.4 is 5.73 Å². The predicted molar refractivity (Wildman–Crippen MR) is 97.9 cm³/mol. The Bertz CT molecular complexity index is 669. The van der Waals surface area contributed by atoms with Crippen molar-refractivity contribution in [1.29, 1.82) is 0 Å². The molecule has 0 fully saturated rings. The van der Waals surface area contributed by atoms with Gasteiger partial charge in [0.05, 0.1) is 13.1 Å². The highest BCUT2D eigenvalue weighted by Gasteiger charge is 2.16. The summed E-state index contributed by atoms with van der Waals surface area (Å²) in [5, 5.41) is 8.20. The molecule has 0 atom stereocenters. The Balaban J connectivity index is 1.89. The highest BCUT2D eigenvalue weighted by atomic mass is 16.2. The molecule has 7 heteroatoms. The van der Waals surface area contributed by atoms with Crippen LogP contribution in [0.2, 0.25) is 0 Å². The number of nitrogens with zero attached hydrogens (tertiary/aromatic N) is 5. The Hall–Kier alpha value is -2.25. The molecule has 1 aromatic carbocycles. The molecule has 2 N–H and O–H groups in total. The van der Waals surface area contributed by atoms with Crippen LogP contribution in [-0.4, -0.2) is 63.7 Å². The molecule has 2 aromatic rings. The second kappa shape index (κ2) is 9.29. The van der Waals surface area contributed by atoms with Crippen LogP contribution in [0.3, 0.4) is 0 Å². The van der Waals surface area contributed by atoms with E-state index in [4.69, 9.17) is 5.73 Å². The van der Waals surface area contributed by atoms with E-state index in [-0.39, 0.29) is 5.91 Å². The van der Waals surface area contributed by atoms with Crippen LogP contribution in [0.5, 0.6) is 0 Å². The molecule has 25 heavy (non-hydrogen) atoms. The number of rotatable bonds is 9. The first-order chi connectivity index (χ1) is 12.0. The lowest BCUT2D eigenvalue weighted by atomic mass is 10.1. The van der Waals surface area contributed by atoms with Gasteiger partial charge in [0, 0.05) is 26.7 Å². The van der Waals surface area contributed by atoms with Gasteiger partial charge in [0.15, 0.2) is 0 Å². The molecule has 0 bridgehead atoms. The van der Waals surface area contributed by atoms with E-state index in [1.165, 1.54) is 5.56 Å². The Kier molecular flexibility index (Phi) is 7.09. The minimum absolute atomic E-state index is 0.0859. The lowest BCUT2D eigenvalue weighted by molar-refractivity contribution is -0.132. The number of aromatic nitrogens is 3. The summed E-state index contributed by atoms with van der Waals surface area (Å²) in [5.74, 6) is 1.80. The Morgan fingerprint density at radius 2 is 1.92 bits per heavy atom. The summed E-state index contributed by atoms with van der Waals surface area (Å²) in [4.78, 5) is 16.4. The van der Waals surface area contributed by atoms with Crippen molar-refractivity contribution >= 4 is 5.91 Å². The minimum atomic E-state index is 0.0859. The zero-order chi connectivity index (χ0) is 18.2. The molecule has 0 aliphatic heterocycles. The fourth-order valence-electron chi connectivity index (χ4n) is 2.64. The van der Waals surface area contributed by atoms with Crippen molar-refractivity contribution in [2.24, 2.45) is 12.8 Å². The number of likely N-dealkylation sites (N-methyl/N-ethyl adjacent to an activating group) is 1. The fourth-order valence-corrected chi connectivity index (χ4v) is 2.64. The van der Waals surface area contributed by atoms with E-state index in [0.29, 0.717) is 32.7 Å². The topological polar surface area (TPSA) is 80.3 Å². The number of hydrogen-bond acceptors (Lipinski definition) is 5. The summed E-state index contributed by atoms with van der Waals surface area (Å²) < 4.78 is 1.94. The van der Waals surface area contributed by atoms with E-state index < -0.39 is 0 Å². The van der Waals surface area contributed by atoms with E-state index >= 15 is 0 Å². The third-order valence-corrected chi connectivity index (χ3v) is 4.26. The molecule has 2 rings (SSSR count). The molecule has 1 amide bonds. The summed E-state index contributed by atoms with van der Waals surface area (Å²) in [7, 11) is 3.85. The van der Waals surface area contributed by atoms with E-state index in [9.17, 15) is 4.79 Å². The van der Waals surface area contributed by atoms with Crippen molar-refractivity contribution in [1.82, 2.24) is 24.6 Å². The Morgan fingerprint density at radius 1 is 1.20 bits per heavy atom. The molecule has 0 spiro atoms. The largest absolute Gasteiger partial charge is 0.340 e. The molecule has 0 saturated carbocycles. The maximum absolute atomic E-state index is 12.6. The van der Waals surface area contributed by atoms with E-state index in [1.807, 2.05) is 53.6 Å². The van der Waals surface area contributed by atoms with Gasteiger partial charge >= 0.3 is 0 Å². The van der Waals surface area contributed by atoms with Crippen LogP contribution in [0.25, 0.3) is 0 Å². The van der Waals surface area contributed by atoms with Gasteiger partial charge in [-0.25, -0.2) is 0 Å². The second-order valence-corrected chi connectivity index (χ2v) is 6.30. The van der Waals surface area contributed by atoms with Crippen LogP contribution >= 0.6 is 0 Å². The standard InChI is InChI=1S/C18H28N6O/c1-15-20-21-17(23(15)3)13-22(2)14-18(25)24(12-10-19)11-9-16-7-5-4-6-8-16/h4-8H,9-14,19H2,1-3H3. The average molecular weight is 344 g/mol. The van der Waals surface area contributed by atoms with E-state index in [2.05, 4.69) is 22.3 Å². The van der Waals surface area contributed by atoms with Crippen molar-refractivity contribution in [3.05, 3.63) is 47.5 Å². The van der Waals surface area contributed by atoms with Crippen molar-refractivity contribution in [3.63, 3.8) is 0 Å². The van der Waals surface area contributed by atoms with Crippen molar-refractivity contribution in [2.45, 2.75) is 19.9 Å². The summed E-state index contributed by atoms with van der Waals surface area (Å²) in [5.41, 5.74) is 6.91. The average Bonchev–Trinajstić information content (AvgIpc) is 2.91. The van der Waals surface area contributed by atoms with Gasteiger partial charge in [-0.05, 0) is 26.0 Å². The maximum Gasteiger partial charge on any atom is 0.236 e. The molecule has 1 aromatic heterocycles. The smallest absolute Gasteiger partial charge is 0.236 e. The van der Waals surface area contributed by atoms with Gasteiger partial charge in [-0.3, -0.25) is 9.69 Å². The van der Waals surface area contributed by atoms with Gasteiger partial charge in [0.1, 0.15) is 11.6 Å². The van der Waals surface area contributed by atoms with Gasteiger partial charge in [0.2, 0.25) is 5.91 Å². The highest BCUT2D eigenvalue weighted by molar-refractivity contribution is 5.78. The molecule has 0 aliphatic rings. The van der Waals surface area contributed by atoms with Crippen LogP contribution in [0, 0.1) is 6.92 Å². The number of hydrogen-bond donors (Lipinski definition) is 1. The van der Waals surface area contributed by atoms with Crippen LogP contribution in [0.15, 0.2) is 30.3 Å². The van der Waals surface area contributed by atoms with Crippen molar-refractivity contribution < 1.29 is 4.79 Å². The molecule has 0 unspecified atom stereocenters. The number of nitrogens with two attached hydrogens (primary N) is 1. The molecule has 0 saturated heterocycles. The summed E-state index contributed by atoms with van der Waals surface area (Å²) in [6.07, 6.45) is 0.832. The van der Waals surface area contributed by atoms with Gasteiger partial charge in [-0.15, -0.1) is 10.2 Å². The van der Waals surface area contributed by atoms with Crippen LogP contribution in [0.1, 0.15) is 17.2 Å². The summed E-state index contributed by atoms with van der Waals surface area (Å²) in [6, 6.07) is 10.2. The lowest BCUT2D eigenvalue weighted by Gasteiger charge is -2.25. The monoisotopic (exact) mass is 344 g/mol. The number of carbonyl (C=O) groups is 1. The normalized spacial score (nSPS) is 11.1. The number of aryl methyl sites for hydroxylation is 1. The summed E-state index contributed by atoms with van der Waals surface area (Å²) in [6.45, 7) is 4.54. The Labute approximate surface area is 149 Å². The third kappa shape index (κ3) is 5.65. The van der Waals surface area contributed by atoms with Gasteiger partial charge in [0.25, 0.3) is 0 Å². The Morgan fingerprint density at radius 3 is 2.52 bits per heavy atom. The van der Waals surface area contributed by atoms with Crippen molar-refractivity contribution in [2.75, 3.05) is 33.2 Å². The SMILES string of the molecule is Cc1nnc(CN(C)CC(=O)N(CCN)CCc2ccccc2)n1C. The highest BCUT2D eigenvalue weighted by Crippen LogP contribution is 2.04. The molecule has 0 aliphatic carbocycles. The van der Waals surface area contributed by atoms with Gasteiger partial charge < -0.3 is 15.2 Å². The van der Waals surface area contributed by atoms with Gasteiger partial charge in [-0.1, -0.05) is 30.3 Å². The first kappa shape index (κ1) is 19.1. The molecule has 7 nitrogen and oxygen atoms in total. The van der Waals surface area contributed by atoms with E-state index in [1.54, 1.807) is 0 Å². The third-order valence-electron chi connectivity index (χ3n) is 4.26. The van der Waals surface area contributed by atoms with Crippen LogP contribution in [0.4, 0.5) is 0 Å². The first-order valence-electron chi connectivity index (χ1n) is 8.56. The van der Waals surface area contributed by atoms with Crippen molar-refractivity contribution in [3.8, 4) is 0 Å². The van der Waals surface area contributed by atoms with E-state index in [0.717, 1.165) is 18.1 Å². The first-order valence-corrected chi connectivity index (χ1v) is 8.56. The van der Waals surface area contributed by atoms with Crippen LogP contribution in [-0.2, 0) is 24.8 Å². The second-order valence-electron chi connectivity index (χ2n) is 6.30. The quantitative estimate of drug-likeness (QED) is 0.720. The number of carbonyl (C=O) groups excluding carboxylic acids is 1. The fraction of sp³-hybridized carbons (Fsp3) is 0.500. The zero-order valence-corrected chi connectivity index (χ0v) is 15.4. The molecule has 136 valence electrons. The summed E-state index contributed by atoms with van der Waals surface area (Å²) >= 11 is 0. The maximum atomic E-state index is 12.6. The molecular formula is C18H28N6O. The lowest BCUT2D eigenvalue weighted by Crippen LogP contribution is -2.42.